The number of Topliss-reactive ketones (excluding diaryl/α,β-unsaturated/α-hetero) is 2. The monoisotopic (exact) mass is 1000 g/mol. The van der Waals surface area contributed by atoms with E-state index in [4.69, 9.17) is 10.3 Å². The molecule has 1 fully saturated rings. The standard InChI is InChI=1S/C53H59F3N3O11P/c1-31-35-28-29-36(44(61)39(35)45(62)40-38(31)46(63)42-43(59(2)3)47(64)41(50(57)67)49(66)52(42,69)48(40)65)58-37(60)27-19-8-6-4-5-7-9-20-30-71(32-21-13-10-14-22-32,33-23-15-11-16-24-33,34-25-17-12-18-26-34)70-51(68)53(54,55)56/h10-18,21-26,28-29,31,38,42-43,46,61-63,66,69H,4-9,19-20,27,30H2,1-3H3,(H2,57,67)(H,58,60)/t31-,38+,42+,43-,46-,52-/m0/s1. The number of nitrogens with one attached hydrogen (secondary N) is 1. The largest absolute Gasteiger partial charge is 0.508 e. The number of carbonyl (C=O) groups is 5. The van der Waals surface area contributed by atoms with Crippen LogP contribution in [0.5, 0.6) is 5.75 Å². The van der Waals surface area contributed by atoms with E-state index in [1.807, 2.05) is 0 Å². The first kappa shape index (κ1) is 52.4. The van der Waals surface area contributed by atoms with Gasteiger partial charge in [-0.25, -0.2) is 0 Å². The zero-order valence-electron chi connectivity index (χ0n) is 39.6. The Kier molecular flexibility index (Phi) is 15.1. The number of hydrogen-bond donors (Lipinski definition) is 7. The number of halogens is 3. The molecule has 6 atom stereocenters. The molecule has 0 aromatic heterocycles. The number of alkyl halides is 3. The average Bonchev–Trinajstić information content (AvgIpc) is 3.34. The minimum Gasteiger partial charge on any atom is -0.508 e. The van der Waals surface area contributed by atoms with Gasteiger partial charge in [0.1, 0.15) is 22.8 Å². The van der Waals surface area contributed by atoms with Gasteiger partial charge in [-0.2, -0.15) is 0 Å². The zero-order chi connectivity index (χ0) is 51.7. The van der Waals surface area contributed by atoms with Gasteiger partial charge in [-0.15, -0.1) is 0 Å². The number of aliphatic hydroxyl groups is 4. The van der Waals surface area contributed by atoms with E-state index < -0.39 is 106 Å². The van der Waals surface area contributed by atoms with E-state index in [1.54, 1.807) is 97.9 Å². The molecule has 0 radical (unpaired) electrons. The first-order valence-electron chi connectivity index (χ1n) is 23.6. The van der Waals surface area contributed by atoms with E-state index in [0.717, 1.165) is 25.7 Å². The molecule has 0 unspecified atom stereocenters. The molecule has 2 amide bonds. The zero-order valence-corrected chi connectivity index (χ0v) is 40.5. The number of likely N-dealkylation sites (N-methyl/N-ethyl adjacent to an activating group) is 1. The summed E-state index contributed by atoms with van der Waals surface area (Å²) >= 11 is 0. The van der Waals surface area contributed by atoms with Crippen molar-refractivity contribution in [2.24, 2.45) is 17.6 Å². The molecule has 4 aromatic rings. The van der Waals surface area contributed by atoms with Gasteiger partial charge in [-0.1, -0.05) is 13.0 Å². The SMILES string of the molecule is C[C@H]1c2ccc(NC(=O)CCCCCCCCCCP(OC(=O)C(F)(F)F)(c3ccccc3)(c3ccccc3)c3ccccc3)c(O)c2C(O)=C2C(=O)[C@]3(O)C(O)=C(C(N)=O)C(=O)[C@@H](N(C)C)[C@@H]3[C@@H](O)[C@@H]21. The summed E-state index contributed by atoms with van der Waals surface area (Å²) in [5.41, 5.74) is 0.733. The molecule has 71 heavy (non-hydrogen) atoms. The number of phenolic OH excluding ortho intramolecular Hbond substituents is 1. The van der Waals surface area contributed by atoms with Crippen molar-refractivity contribution in [2.75, 3.05) is 25.6 Å². The maximum Gasteiger partial charge on any atom is 0.255 e. The third-order valence-electron chi connectivity index (χ3n) is 14.6. The minimum absolute atomic E-state index is 0.0724. The molecule has 7 rings (SSSR count). The quantitative estimate of drug-likeness (QED) is 0.0245. The van der Waals surface area contributed by atoms with Gasteiger partial charge in [0.05, 0.1) is 29.3 Å². The molecule has 0 aliphatic heterocycles. The molecule has 0 heterocycles. The molecule has 0 spiro atoms. The van der Waals surface area contributed by atoms with Crippen molar-refractivity contribution in [3.8, 4) is 5.75 Å². The van der Waals surface area contributed by atoms with Crippen LogP contribution in [0.1, 0.15) is 81.8 Å². The third kappa shape index (κ3) is 9.02. The van der Waals surface area contributed by atoms with E-state index in [2.05, 4.69) is 5.32 Å². The number of amides is 2. The number of fused-ring (bicyclic) bond motifs is 3. The van der Waals surface area contributed by atoms with E-state index in [1.165, 1.54) is 31.1 Å². The number of aromatic hydroxyl groups is 1. The molecule has 3 aliphatic rings. The topological polar surface area (TPSA) is 237 Å². The maximum atomic E-state index is 14.3. The van der Waals surface area contributed by atoms with Crippen molar-refractivity contribution in [1.82, 2.24) is 4.90 Å². The number of nitrogens with two attached hydrogens (primary N) is 1. The van der Waals surface area contributed by atoms with Crippen LogP contribution < -0.4 is 27.0 Å². The molecule has 3 aliphatic carbocycles. The van der Waals surface area contributed by atoms with E-state index in [9.17, 15) is 62.7 Å². The summed E-state index contributed by atoms with van der Waals surface area (Å²) in [4.78, 5) is 67.6. The number of primary amides is 1. The van der Waals surface area contributed by atoms with Crippen molar-refractivity contribution in [1.29, 1.82) is 0 Å². The summed E-state index contributed by atoms with van der Waals surface area (Å²) in [6.07, 6.45) is -1.31. The van der Waals surface area contributed by atoms with Crippen molar-refractivity contribution in [2.45, 2.75) is 94.6 Å². The summed E-state index contributed by atoms with van der Waals surface area (Å²) in [5.74, 6) is -12.9. The Labute approximate surface area is 409 Å². The first-order valence-corrected chi connectivity index (χ1v) is 26.0. The fourth-order valence-electron chi connectivity index (χ4n) is 11.2. The second kappa shape index (κ2) is 20.4. The predicted octanol–water partition coefficient (Wildman–Crippen LogP) is 6.50. The fraction of sp³-hybridized carbons (Fsp3) is 0.377. The van der Waals surface area contributed by atoms with Crippen LogP contribution in [0.25, 0.3) is 5.76 Å². The second-order valence-corrected chi connectivity index (χ2v) is 23.5. The number of anilines is 1. The summed E-state index contributed by atoms with van der Waals surface area (Å²) in [6.45, 7) is -2.95. The Morgan fingerprint density at radius 2 is 1.27 bits per heavy atom. The summed E-state index contributed by atoms with van der Waals surface area (Å²) in [5, 5.41) is 62.3. The fourth-order valence-corrected chi connectivity index (χ4v) is 17.0. The van der Waals surface area contributed by atoms with Crippen LogP contribution in [0, 0.1) is 11.8 Å². The predicted molar refractivity (Wildman–Crippen MR) is 263 cm³/mol. The van der Waals surface area contributed by atoms with Crippen LogP contribution in [0.4, 0.5) is 18.9 Å². The average molecular weight is 1000 g/mol. The van der Waals surface area contributed by atoms with Crippen molar-refractivity contribution in [3.05, 3.63) is 131 Å². The smallest absolute Gasteiger partial charge is 0.255 e. The number of rotatable bonds is 18. The number of nitrogens with zero attached hydrogens (tertiary/aromatic N) is 1. The van der Waals surface area contributed by atoms with Gasteiger partial charge in [0.2, 0.25) is 5.78 Å². The van der Waals surface area contributed by atoms with Crippen LogP contribution in [0.2, 0.25) is 0 Å². The van der Waals surface area contributed by atoms with Crippen LogP contribution in [-0.2, 0) is 28.5 Å². The van der Waals surface area contributed by atoms with Crippen molar-refractivity contribution in [3.63, 3.8) is 0 Å². The van der Waals surface area contributed by atoms with Crippen LogP contribution >= 0.6 is 6.83 Å². The minimum atomic E-state index is -5.24. The molecule has 0 saturated heterocycles. The number of carbonyl (C=O) groups excluding carboxylic acids is 5. The van der Waals surface area contributed by atoms with Gasteiger partial charge in [0.25, 0.3) is 5.91 Å². The number of hydrogen-bond acceptors (Lipinski definition) is 12. The summed E-state index contributed by atoms with van der Waals surface area (Å²) in [6, 6.07) is 27.6. The van der Waals surface area contributed by atoms with Gasteiger partial charge in [0, 0.05) is 11.5 Å². The van der Waals surface area contributed by atoms with Gasteiger partial charge < -0.3 is 31.3 Å². The van der Waals surface area contributed by atoms with E-state index >= 15 is 0 Å². The number of benzene rings is 4. The van der Waals surface area contributed by atoms with Crippen LogP contribution in [0.15, 0.2) is 120 Å². The van der Waals surface area contributed by atoms with E-state index in [-0.39, 0.29) is 23.8 Å². The van der Waals surface area contributed by atoms with E-state index in [0.29, 0.717) is 47.2 Å². The molecule has 378 valence electrons. The van der Waals surface area contributed by atoms with Gasteiger partial charge in [0.15, 0.2) is 11.4 Å². The Bertz CT molecular complexity index is 2670. The van der Waals surface area contributed by atoms with Crippen LogP contribution in [0.3, 0.4) is 0 Å². The number of phenols is 1. The Balaban J connectivity index is 0.979. The third-order valence-corrected chi connectivity index (χ3v) is 20.5. The summed E-state index contributed by atoms with van der Waals surface area (Å²) in [7, 11) is 2.85. The van der Waals surface area contributed by atoms with Gasteiger partial charge >= 0.3 is 228 Å². The molecule has 18 heteroatoms. The van der Waals surface area contributed by atoms with Crippen molar-refractivity contribution >= 4 is 63.5 Å². The van der Waals surface area contributed by atoms with Crippen molar-refractivity contribution < 1.29 is 67.2 Å². The Morgan fingerprint density at radius 3 is 1.75 bits per heavy atom. The molecule has 0 bridgehead atoms. The maximum absolute atomic E-state index is 14.3. The van der Waals surface area contributed by atoms with Gasteiger partial charge in [-0.05, 0) is 31.6 Å². The molecule has 8 N–H and O–H groups in total. The second-order valence-electron chi connectivity index (χ2n) is 18.9. The molecule has 14 nitrogen and oxygen atoms in total. The number of aliphatic hydroxyl groups excluding tert-OH is 3. The van der Waals surface area contributed by atoms with Gasteiger partial charge in [-0.3, -0.25) is 19.3 Å². The molecule has 4 aromatic carbocycles. The first-order chi connectivity index (χ1) is 33.6. The number of unbranched alkanes of at least 4 members (excludes halogenated alkanes) is 7. The summed E-state index contributed by atoms with van der Waals surface area (Å²) < 4.78 is 48.6. The molecular weight excluding hydrogens is 943 g/mol. The number of ketones is 2. The molecule has 1 saturated carbocycles. The Morgan fingerprint density at radius 1 is 0.775 bits per heavy atom. The normalized spacial score (nSPS) is 22.8. The Hall–Kier alpha value is -6.39. The molecular formula is C53H59F3N3O11P. The van der Waals surface area contributed by atoms with Crippen LogP contribution in [-0.4, -0.2) is 104 Å².